The van der Waals surface area contributed by atoms with Crippen molar-refractivity contribution in [2.24, 2.45) is 4.99 Å². The van der Waals surface area contributed by atoms with Crippen LogP contribution in [-0.4, -0.2) is 47.3 Å². The monoisotopic (exact) mass is 341 g/mol. The summed E-state index contributed by atoms with van der Waals surface area (Å²) in [6.45, 7) is 8.47. The van der Waals surface area contributed by atoms with Gasteiger partial charge in [0.25, 0.3) is 0 Å². The largest absolute Gasteiger partial charge is 0.322 e. The van der Waals surface area contributed by atoms with Gasteiger partial charge in [0.1, 0.15) is 12.0 Å². The maximum Gasteiger partial charge on any atom is 0.322 e. The minimum atomic E-state index is -0.282. The average molecular weight is 341 g/mol. The number of allylic oxidation sites excluding steroid dienone is 2. The first-order chi connectivity index (χ1) is 11.7. The highest BCUT2D eigenvalue weighted by molar-refractivity contribution is 5.85. The highest BCUT2D eigenvalue weighted by Gasteiger charge is 2.42. The molecule has 132 valence electrons. The molecule has 0 bridgehead atoms. The van der Waals surface area contributed by atoms with Crippen LogP contribution in [0, 0.1) is 17.7 Å². The molecule has 1 aromatic carbocycles. The third kappa shape index (κ3) is 4.48. The number of aliphatic imine (C=N–C) groups is 1. The van der Waals surface area contributed by atoms with Crippen molar-refractivity contribution >= 4 is 12.2 Å². The summed E-state index contributed by atoms with van der Waals surface area (Å²) in [6, 6.07) is 6.01. The molecule has 1 fully saturated rings. The van der Waals surface area contributed by atoms with E-state index in [-0.39, 0.29) is 23.6 Å². The Kier molecular flexibility index (Phi) is 5.63. The average Bonchev–Trinajstić information content (AvgIpc) is 2.79. The molecule has 0 radical (unpaired) electrons. The van der Waals surface area contributed by atoms with E-state index in [2.05, 4.69) is 16.8 Å². The Bertz CT molecular complexity index is 753. The van der Waals surface area contributed by atoms with Crippen molar-refractivity contribution in [1.29, 1.82) is 0 Å². The molecule has 0 aromatic heterocycles. The van der Waals surface area contributed by atoms with Crippen molar-refractivity contribution in [3.8, 4) is 11.8 Å². The fourth-order valence-electron chi connectivity index (χ4n) is 2.46. The summed E-state index contributed by atoms with van der Waals surface area (Å²) in [5.74, 6) is 5.71. The Morgan fingerprint density at radius 2 is 2.00 bits per heavy atom. The number of nitrogens with zero attached hydrogens (tertiary/aromatic N) is 3. The van der Waals surface area contributed by atoms with E-state index in [4.69, 9.17) is 0 Å². The normalized spacial score (nSPS) is 18.5. The number of hydrogen-bond acceptors (Lipinski definition) is 2. The van der Waals surface area contributed by atoms with Crippen LogP contribution >= 0.6 is 0 Å². The molecule has 1 atom stereocenters. The summed E-state index contributed by atoms with van der Waals surface area (Å²) in [4.78, 5) is 20.3. The standard InChI is InChI=1S/C20H24FN3O/c1-6-16(7-8-17-9-11-18(21)12-10-17)13-22-15(2)24-14-20(3,4)23(5)19(24)25/h6,9-13,15H,14H2,1-5H3/b16-6-,22-13-. The number of rotatable bonds is 3. The van der Waals surface area contributed by atoms with Gasteiger partial charge in [-0.2, -0.15) is 0 Å². The number of amides is 2. The Morgan fingerprint density at radius 3 is 2.52 bits per heavy atom. The molecule has 1 heterocycles. The molecule has 0 spiro atoms. The van der Waals surface area contributed by atoms with Gasteiger partial charge in [0.15, 0.2) is 0 Å². The van der Waals surface area contributed by atoms with Crippen LogP contribution in [0.1, 0.15) is 33.3 Å². The summed E-state index contributed by atoms with van der Waals surface area (Å²) in [6.07, 6.45) is 3.27. The molecule has 25 heavy (non-hydrogen) atoms. The molecule has 1 aliphatic rings. The van der Waals surface area contributed by atoms with Crippen molar-refractivity contribution in [2.75, 3.05) is 13.6 Å². The van der Waals surface area contributed by atoms with E-state index in [0.29, 0.717) is 6.54 Å². The molecule has 2 rings (SSSR count). The lowest BCUT2D eigenvalue weighted by Gasteiger charge is -2.24. The second kappa shape index (κ2) is 7.52. The lowest BCUT2D eigenvalue weighted by molar-refractivity contribution is 0.181. The first-order valence-electron chi connectivity index (χ1n) is 8.26. The van der Waals surface area contributed by atoms with E-state index in [1.54, 1.807) is 28.1 Å². The number of halogens is 1. The van der Waals surface area contributed by atoms with E-state index in [1.807, 2.05) is 40.8 Å². The van der Waals surface area contributed by atoms with Gasteiger partial charge in [0.05, 0.1) is 5.54 Å². The van der Waals surface area contributed by atoms with Crippen molar-refractivity contribution in [1.82, 2.24) is 9.80 Å². The molecule has 0 aliphatic carbocycles. The Labute approximate surface area is 149 Å². The fourth-order valence-corrected chi connectivity index (χ4v) is 2.46. The topological polar surface area (TPSA) is 35.9 Å². The van der Waals surface area contributed by atoms with Crippen LogP contribution in [0.5, 0.6) is 0 Å². The highest BCUT2D eigenvalue weighted by Crippen LogP contribution is 2.25. The highest BCUT2D eigenvalue weighted by atomic mass is 19.1. The number of urea groups is 1. The molecular weight excluding hydrogens is 317 g/mol. The lowest BCUT2D eigenvalue weighted by atomic mass is 10.1. The molecule has 2 amide bonds. The molecule has 5 heteroatoms. The quantitative estimate of drug-likeness (QED) is 0.610. The zero-order valence-electron chi connectivity index (χ0n) is 15.4. The van der Waals surface area contributed by atoms with Crippen LogP contribution in [0.3, 0.4) is 0 Å². The van der Waals surface area contributed by atoms with Gasteiger partial charge in [-0.05, 0) is 52.0 Å². The van der Waals surface area contributed by atoms with E-state index in [0.717, 1.165) is 11.1 Å². The lowest BCUT2D eigenvalue weighted by Crippen LogP contribution is -2.38. The van der Waals surface area contributed by atoms with E-state index >= 15 is 0 Å². The molecule has 1 aromatic rings. The molecule has 1 saturated heterocycles. The van der Waals surface area contributed by atoms with Gasteiger partial charge in [-0.25, -0.2) is 9.18 Å². The third-order valence-corrected chi connectivity index (χ3v) is 4.38. The molecule has 4 nitrogen and oxygen atoms in total. The van der Waals surface area contributed by atoms with Crippen molar-refractivity contribution in [3.05, 3.63) is 47.3 Å². The van der Waals surface area contributed by atoms with E-state index in [9.17, 15) is 9.18 Å². The number of benzene rings is 1. The maximum atomic E-state index is 12.9. The van der Waals surface area contributed by atoms with Gasteiger partial charge in [-0.15, -0.1) is 0 Å². The number of hydrogen-bond donors (Lipinski definition) is 0. The molecular formula is C20H24FN3O. The number of likely N-dealkylation sites (N-methyl/N-ethyl adjacent to an activating group) is 1. The van der Waals surface area contributed by atoms with E-state index < -0.39 is 0 Å². The summed E-state index contributed by atoms with van der Waals surface area (Å²) in [5.41, 5.74) is 1.28. The predicted octanol–water partition coefficient (Wildman–Crippen LogP) is 3.69. The Hall–Kier alpha value is -2.61. The number of carbonyl (C=O) groups excluding carboxylic acids is 1. The molecule has 1 aliphatic heterocycles. The third-order valence-electron chi connectivity index (χ3n) is 4.38. The van der Waals surface area contributed by atoms with Crippen LogP contribution in [0.2, 0.25) is 0 Å². The van der Waals surface area contributed by atoms with Crippen molar-refractivity contribution < 1.29 is 9.18 Å². The SMILES string of the molecule is C/C=C(C#Cc1ccc(F)cc1)\C=N/C(C)N1CC(C)(C)N(C)C1=O. The van der Waals surface area contributed by atoms with Crippen LogP contribution in [-0.2, 0) is 0 Å². The minimum absolute atomic E-state index is 0.0194. The second-order valence-corrected chi connectivity index (χ2v) is 6.69. The first kappa shape index (κ1) is 18.7. The fraction of sp³-hybridized carbons (Fsp3) is 0.400. The smallest absolute Gasteiger partial charge is 0.321 e. The van der Waals surface area contributed by atoms with Gasteiger partial charge in [0.2, 0.25) is 0 Å². The molecule has 1 unspecified atom stereocenters. The summed E-state index contributed by atoms with van der Waals surface area (Å²) in [7, 11) is 1.81. The first-order valence-corrected chi connectivity index (χ1v) is 8.26. The summed E-state index contributed by atoms with van der Waals surface area (Å²) in [5, 5.41) is 0. The number of carbonyl (C=O) groups is 1. The maximum absolute atomic E-state index is 12.9. The Balaban J connectivity index is 2.07. The zero-order chi connectivity index (χ0) is 18.6. The predicted molar refractivity (Wildman–Crippen MR) is 98.9 cm³/mol. The summed E-state index contributed by atoms with van der Waals surface area (Å²) >= 11 is 0. The Morgan fingerprint density at radius 1 is 1.36 bits per heavy atom. The minimum Gasteiger partial charge on any atom is -0.321 e. The second-order valence-electron chi connectivity index (χ2n) is 6.69. The molecule has 0 saturated carbocycles. The zero-order valence-corrected chi connectivity index (χ0v) is 15.4. The van der Waals surface area contributed by atoms with Crippen molar-refractivity contribution in [3.63, 3.8) is 0 Å². The van der Waals surface area contributed by atoms with Crippen LogP contribution in [0.15, 0.2) is 40.9 Å². The van der Waals surface area contributed by atoms with Gasteiger partial charge in [-0.3, -0.25) is 4.99 Å². The van der Waals surface area contributed by atoms with Gasteiger partial charge in [-0.1, -0.05) is 17.9 Å². The summed E-state index contributed by atoms with van der Waals surface area (Å²) < 4.78 is 12.9. The van der Waals surface area contributed by atoms with Crippen LogP contribution in [0.25, 0.3) is 0 Å². The van der Waals surface area contributed by atoms with Crippen LogP contribution < -0.4 is 0 Å². The van der Waals surface area contributed by atoms with E-state index in [1.165, 1.54) is 12.1 Å². The van der Waals surface area contributed by atoms with Crippen molar-refractivity contribution in [2.45, 2.75) is 39.4 Å². The van der Waals surface area contributed by atoms with Gasteiger partial charge in [0, 0.05) is 30.9 Å². The van der Waals surface area contributed by atoms with Gasteiger partial charge >= 0.3 is 6.03 Å². The van der Waals surface area contributed by atoms with Gasteiger partial charge < -0.3 is 9.80 Å². The van der Waals surface area contributed by atoms with Crippen LogP contribution in [0.4, 0.5) is 9.18 Å². The molecule has 0 N–H and O–H groups in total.